The monoisotopic (exact) mass is 306 g/mol. The molecule has 21 heavy (non-hydrogen) atoms. The number of halogens is 1. The van der Waals surface area contributed by atoms with Crippen molar-refractivity contribution in [2.24, 2.45) is 11.8 Å². The standard InChI is InChI=1S/C14H15ClN4O2/c1-21-6-8-2-9(8)14(20)19-12-4-7-3-11(15)18-13(16)10(7)5-17-12/h3-5,8-9H,2,6H2,1H3,(H2,16,18)(H,17,19,20)/t8-,9+/m1/s1. The lowest BCUT2D eigenvalue weighted by molar-refractivity contribution is -0.117. The van der Waals surface area contributed by atoms with Gasteiger partial charge in [-0.3, -0.25) is 4.79 Å². The van der Waals surface area contributed by atoms with E-state index >= 15 is 0 Å². The van der Waals surface area contributed by atoms with Gasteiger partial charge in [0.25, 0.3) is 0 Å². The number of nitrogen functional groups attached to an aromatic ring is 1. The van der Waals surface area contributed by atoms with Gasteiger partial charge in [0.1, 0.15) is 16.8 Å². The zero-order chi connectivity index (χ0) is 15.0. The number of nitrogens with two attached hydrogens (primary N) is 1. The minimum absolute atomic E-state index is 0.00791. The number of aromatic nitrogens is 2. The highest BCUT2D eigenvalue weighted by molar-refractivity contribution is 6.30. The molecule has 2 aromatic rings. The number of pyridine rings is 2. The Labute approximate surface area is 126 Å². The number of nitrogens with one attached hydrogen (secondary N) is 1. The summed E-state index contributed by atoms with van der Waals surface area (Å²) in [7, 11) is 1.64. The third kappa shape index (κ3) is 2.91. The van der Waals surface area contributed by atoms with Gasteiger partial charge >= 0.3 is 0 Å². The number of hydrogen-bond donors (Lipinski definition) is 2. The molecule has 7 heteroatoms. The van der Waals surface area contributed by atoms with Gasteiger partial charge in [-0.25, -0.2) is 9.97 Å². The van der Waals surface area contributed by atoms with Crippen molar-refractivity contribution in [3.63, 3.8) is 0 Å². The normalized spacial score (nSPS) is 20.5. The first-order valence-corrected chi connectivity index (χ1v) is 6.98. The van der Waals surface area contributed by atoms with Crippen molar-refractivity contribution in [3.05, 3.63) is 23.5 Å². The van der Waals surface area contributed by atoms with E-state index < -0.39 is 0 Å². The fourth-order valence-corrected chi connectivity index (χ4v) is 2.60. The molecule has 0 aliphatic heterocycles. The maximum atomic E-state index is 12.1. The molecule has 1 amide bonds. The SMILES string of the molecule is COC[C@H]1C[C@@H]1C(=O)Nc1cc2cc(Cl)nc(N)c2cn1. The van der Waals surface area contributed by atoms with E-state index in [4.69, 9.17) is 22.1 Å². The van der Waals surface area contributed by atoms with Gasteiger partial charge in [0.15, 0.2) is 0 Å². The minimum atomic E-state index is -0.0305. The molecular formula is C14H15ClN4O2. The van der Waals surface area contributed by atoms with E-state index in [2.05, 4.69) is 15.3 Å². The van der Waals surface area contributed by atoms with Gasteiger partial charge < -0.3 is 15.8 Å². The Hall–Kier alpha value is -1.92. The number of nitrogens with zero attached hydrogens (tertiary/aromatic N) is 2. The zero-order valence-corrected chi connectivity index (χ0v) is 12.2. The van der Waals surface area contributed by atoms with Crippen molar-refractivity contribution >= 4 is 39.9 Å². The van der Waals surface area contributed by atoms with Crippen LogP contribution in [0.4, 0.5) is 11.6 Å². The summed E-state index contributed by atoms with van der Waals surface area (Å²) in [6, 6.07) is 3.43. The molecule has 0 spiro atoms. The second-order valence-corrected chi connectivity index (χ2v) is 5.56. The van der Waals surface area contributed by atoms with Crippen molar-refractivity contribution in [2.45, 2.75) is 6.42 Å². The van der Waals surface area contributed by atoms with Gasteiger partial charge in [-0.05, 0) is 29.9 Å². The summed E-state index contributed by atoms with van der Waals surface area (Å²) in [6.45, 7) is 0.612. The van der Waals surface area contributed by atoms with E-state index in [1.54, 1.807) is 25.4 Å². The average molecular weight is 307 g/mol. The van der Waals surface area contributed by atoms with Crippen LogP contribution in [0.1, 0.15) is 6.42 Å². The average Bonchev–Trinajstić information content (AvgIpc) is 3.18. The van der Waals surface area contributed by atoms with Crippen LogP contribution in [0.2, 0.25) is 5.15 Å². The molecule has 3 N–H and O–H groups in total. The van der Waals surface area contributed by atoms with Gasteiger partial charge in [-0.15, -0.1) is 0 Å². The lowest BCUT2D eigenvalue weighted by atomic mass is 10.2. The second-order valence-electron chi connectivity index (χ2n) is 5.17. The van der Waals surface area contributed by atoms with Crippen LogP contribution in [0.15, 0.2) is 18.3 Å². The van der Waals surface area contributed by atoms with Crippen LogP contribution in [-0.4, -0.2) is 29.6 Å². The molecule has 0 bridgehead atoms. The van der Waals surface area contributed by atoms with Crippen LogP contribution in [-0.2, 0) is 9.53 Å². The van der Waals surface area contributed by atoms with Crippen molar-refractivity contribution in [3.8, 4) is 0 Å². The summed E-state index contributed by atoms with van der Waals surface area (Å²) < 4.78 is 5.05. The van der Waals surface area contributed by atoms with Gasteiger partial charge in [-0.1, -0.05) is 11.6 Å². The number of methoxy groups -OCH3 is 1. The molecule has 2 aromatic heterocycles. The molecule has 1 aliphatic carbocycles. The molecule has 2 atom stereocenters. The number of fused-ring (bicyclic) bond motifs is 1. The van der Waals surface area contributed by atoms with Crippen LogP contribution < -0.4 is 11.1 Å². The maximum absolute atomic E-state index is 12.1. The zero-order valence-electron chi connectivity index (χ0n) is 11.5. The molecule has 1 aliphatic rings. The molecule has 1 saturated carbocycles. The van der Waals surface area contributed by atoms with Gasteiger partial charge in [0.05, 0.1) is 0 Å². The predicted molar refractivity (Wildman–Crippen MR) is 81.1 cm³/mol. The van der Waals surface area contributed by atoms with E-state index in [0.29, 0.717) is 34.7 Å². The van der Waals surface area contributed by atoms with Crippen LogP contribution in [0.3, 0.4) is 0 Å². The largest absolute Gasteiger partial charge is 0.384 e. The smallest absolute Gasteiger partial charge is 0.229 e. The van der Waals surface area contributed by atoms with Crippen LogP contribution in [0.25, 0.3) is 10.8 Å². The van der Waals surface area contributed by atoms with Gasteiger partial charge in [-0.2, -0.15) is 0 Å². The summed E-state index contributed by atoms with van der Waals surface area (Å²) in [5.74, 6) is 1.10. The molecule has 0 unspecified atom stereocenters. The Morgan fingerprint density at radius 1 is 1.57 bits per heavy atom. The number of carbonyl (C=O) groups is 1. The molecule has 0 radical (unpaired) electrons. The lowest BCUT2D eigenvalue weighted by Gasteiger charge is -2.07. The molecule has 0 saturated heterocycles. The highest BCUT2D eigenvalue weighted by Gasteiger charge is 2.42. The van der Waals surface area contributed by atoms with Crippen molar-refractivity contribution in [1.29, 1.82) is 0 Å². The molecule has 2 heterocycles. The number of anilines is 2. The summed E-state index contributed by atoms with van der Waals surface area (Å²) >= 11 is 5.88. The first kappa shape index (κ1) is 14.0. The van der Waals surface area contributed by atoms with Crippen molar-refractivity contribution in [2.75, 3.05) is 24.8 Å². The third-order valence-corrected chi connectivity index (χ3v) is 3.80. The Balaban J connectivity index is 1.77. The summed E-state index contributed by atoms with van der Waals surface area (Å²) in [5.41, 5.74) is 5.78. The van der Waals surface area contributed by atoms with E-state index in [1.807, 2.05) is 0 Å². The van der Waals surface area contributed by atoms with E-state index in [0.717, 1.165) is 11.8 Å². The van der Waals surface area contributed by atoms with E-state index in [-0.39, 0.29) is 11.8 Å². The minimum Gasteiger partial charge on any atom is -0.384 e. The van der Waals surface area contributed by atoms with E-state index in [1.165, 1.54) is 0 Å². The number of rotatable bonds is 4. The quantitative estimate of drug-likeness (QED) is 0.844. The third-order valence-electron chi connectivity index (χ3n) is 3.61. The first-order valence-electron chi connectivity index (χ1n) is 6.60. The van der Waals surface area contributed by atoms with Crippen LogP contribution >= 0.6 is 11.6 Å². The number of carbonyl (C=O) groups excluding carboxylic acids is 1. The predicted octanol–water partition coefficient (Wildman–Crippen LogP) is 2.09. The summed E-state index contributed by atoms with van der Waals surface area (Å²) in [4.78, 5) is 20.2. The second kappa shape index (κ2) is 5.46. The van der Waals surface area contributed by atoms with E-state index in [9.17, 15) is 4.79 Å². The molecule has 0 aromatic carbocycles. The molecule has 110 valence electrons. The summed E-state index contributed by atoms with van der Waals surface area (Å²) in [5, 5.41) is 4.63. The molecular weight excluding hydrogens is 292 g/mol. The van der Waals surface area contributed by atoms with Gasteiger partial charge in [0.2, 0.25) is 5.91 Å². The number of ether oxygens (including phenoxy) is 1. The maximum Gasteiger partial charge on any atom is 0.229 e. The molecule has 6 nitrogen and oxygen atoms in total. The fourth-order valence-electron chi connectivity index (χ4n) is 2.39. The number of amides is 1. The Bertz CT molecular complexity index is 707. The first-order chi connectivity index (χ1) is 10.1. The van der Waals surface area contributed by atoms with Crippen LogP contribution in [0, 0.1) is 11.8 Å². The molecule has 1 fully saturated rings. The highest BCUT2D eigenvalue weighted by Crippen LogP contribution is 2.39. The lowest BCUT2D eigenvalue weighted by Crippen LogP contribution is -2.16. The summed E-state index contributed by atoms with van der Waals surface area (Å²) in [6.07, 6.45) is 2.44. The fraction of sp³-hybridized carbons (Fsp3) is 0.357. The Kier molecular flexibility index (Phi) is 3.65. The number of hydrogen-bond acceptors (Lipinski definition) is 5. The molecule has 3 rings (SSSR count). The van der Waals surface area contributed by atoms with Gasteiger partial charge in [0, 0.05) is 31.2 Å². The van der Waals surface area contributed by atoms with Crippen LogP contribution in [0.5, 0.6) is 0 Å². The Morgan fingerprint density at radius 3 is 3.14 bits per heavy atom. The van der Waals surface area contributed by atoms with Crippen molar-refractivity contribution < 1.29 is 9.53 Å². The Morgan fingerprint density at radius 2 is 2.38 bits per heavy atom. The highest BCUT2D eigenvalue weighted by atomic mass is 35.5. The topological polar surface area (TPSA) is 90.1 Å². The van der Waals surface area contributed by atoms with Crippen molar-refractivity contribution in [1.82, 2.24) is 9.97 Å².